The Morgan fingerprint density at radius 3 is 2.62 bits per heavy atom. The molecule has 1 saturated heterocycles. The van der Waals surface area contributed by atoms with Crippen molar-refractivity contribution in [3.63, 3.8) is 0 Å². The lowest BCUT2D eigenvalue weighted by Gasteiger charge is -2.41. The number of amides is 1. The summed E-state index contributed by atoms with van der Waals surface area (Å²) in [7, 11) is 1.87. The number of nitrogens with zero attached hydrogens (tertiary/aromatic N) is 3. The summed E-state index contributed by atoms with van der Waals surface area (Å²) < 4.78 is 7.70. The Kier molecular flexibility index (Phi) is 6.04. The number of hydrogen-bond acceptors (Lipinski definition) is 4. The first kappa shape index (κ1) is 18.9. The number of aryl methyl sites for hydroxylation is 1. The summed E-state index contributed by atoms with van der Waals surface area (Å²) in [5.41, 5.74) is -0.459. The van der Waals surface area contributed by atoms with Crippen LogP contribution in [0.25, 0.3) is 0 Å². The first-order valence-corrected chi connectivity index (χ1v) is 8.95. The van der Waals surface area contributed by atoms with Crippen LogP contribution in [0.2, 0.25) is 0 Å². The van der Waals surface area contributed by atoms with Crippen molar-refractivity contribution >= 4 is 5.91 Å². The molecule has 0 aromatic carbocycles. The van der Waals surface area contributed by atoms with Gasteiger partial charge in [0.15, 0.2) is 0 Å². The fraction of sp³-hybridized carbons (Fsp3) is 0.778. The number of aromatic nitrogens is 2. The van der Waals surface area contributed by atoms with Gasteiger partial charge in [-0.05, 0) is 19.8 Å². The summed E-state index contributed by atoms with van der Waals surface area (Å²) in [5, 5.41) is 15.0. The summed E-state index contributed by atoms with van der Waals surface area (Å²) in [6.07, 6.45) is 6.99. The van der Waals surface area contributed by atoms with Gasteiger partial charge in [0.2, 0.25) is 5.91 Å². The van der Waals surface area contributed by atoms with Crippen LogP contribution in [0.4, 0.5) is 0 Å². The van der Waals surface area contributed by atoms with Crippen molar-refractivity contribution < 1.29 is 14.6 Å². The Balaban J connectivity index is 2.07. The second-order valence-corrected chi connectivity index (χ2v) is 7.20. The number of carbonyl (C=O) groups is 1. The van der Waals surface area contributed by atoms with E-state index in [1.54, 1.807) is 10.9 Å². The molecule has 1 unspecified atom stereocenters. The smallest absolute Gasteiger partial charge is 0.225 e. The monoisotopic (exact) mass is 337 g/mol. The second-order valence-electron chi connectivity index (χ2n) is 7.20. The van der Waals surface area contributed by atoms with Crippen LogP contribution < -0.4 is 0 Å². The highest BCUT2D eigenvalue weighted by molar-refractivity contribution is 5.77. The van der Waals surface area contributed by atoms with Crippen LogP contribution in [-0.4, -0.2) is 51.0 Å². The summed E-state index contributed by atoms with van der Waals surface area (Å²) in [6, 6.07) is 0. The van der Waals surface area contributed by atoms with Crippen molar-refractivity contribution in [2.75, 3.05) is 19.7 Å². The third kappa shape index (κ3) is 4.36. The van der Waals surface area contributed by atoms with Gasteiger partial charge in [0.1, 0.15) is 5.60 Å². The predicted octanol–water partition coefficient (Wildman–Crippen LogP) is 2.22. The molecule has 0 radical (unpaired) electrons. The highest BCUT2D eigenvalue weighted by atomic mass is 16.5. The van der Waals surface area contributed by atoms with Gasteiger partial charge in [-0.25, -0.2) is 0 Å². The Hall–Kier alpha value is -1.40. The van der Waals surface area contributed by atoms with Gasteiger partial charge in [0.05, 0.1) is 31.4 Å². The maximum atomic E-state index is 12.8. The SMILES string of the molecule is CCCC(O)(CCC)CC(=O)N1CCOC(C)(c2cnn(C)c2)C1. The second kappa shape index (κ2) is 7.66. The molecule has 1 aliphatic rings. The van der Waals surface area contributed by atoms with Crippen molar-refractivity contribution in [3.8, 4) is 0 Å². The van der Waals surface area contributed by atoms with Crippen molar-refractivity contribution in [2.24, 2.45) is 7.05 Å². The van der Waals surface area contributed by atoms with E-state index in [2.05, 4.69) is 5.10 Å². The molecule has 2 rings (SSSR count). The van der Waals surface area contributed by atoms with Crippen LogP contribution in [0.5, 0.6) is 0 Å². The number of ether oxygens (including phenoxy) is 1. The molecule has 1 atom stereocenters. The van der Waals surface area contributed by atoms with E-state index < -0.39 is 11.2 Å². The molecule has 0 spiro atoms. The standard InChI is InChI=1S/C18H31N3O3/c1-5-7-18(23,8-6-2)11-16(22)21-9-10-24-17(3,14-21)15-12-19-20(4)13-15/h12-13,23H,5-11,14H2,1-4H3. The Morgan fingerprint density at radius 2 is 2.08 bits per heavy atom. The number of hydrogen-bond donors (Lipinski definition) is 1. The molecule has 0 aliphatic carbocycles. The first-order chi connectivity index (χ1) is 11.3. The van der Waals surface area contributed by atoms with Gasteiger partial charge in [-0.1, -0.05) is 26.7 Å². The van der Waals surface area contributed by atoms with E-state index in [0.29, 0.717) is 32.5 Å². The lowest BCUT2D eigenvalue weighted by atomic mass is 9.88. The first-order valence-electron chi connectivity index (χ1n) is 8.95. The quantitative estimate of drug-likeness (QED) is 0.828. The van der Waals surface area contributed by atoms with E-state index in [4.69, 9.17) is 4.74 Å². The van der Waals surface area contributed by atoms with Gasteiger partial charge in [-0.15, -0.1) is 0 Å². The zero-order valence-corrected chi connectivity index (χ0v) is 15.4. The molecular weight excluding hydrogens is 306 g/mol. The Bertz CT molecular complexity index is 551. The largest absolute Gasteiger partial charge is 0.389 e. The summed E-state index contributed by atoms with van der Waals surface area (Å²) >= 11 is 0. The van der Waals surface area contributed by atoms with E-state index in [1.165, 1.54) is 0 Å². The summed E-state index contributed by atoms with van der Waals surface area (Å²) in [4.78, 5) is 14.6. The molecule has 0 saturated carbocycles. The minimum Gasteiger partial charge on any atom is -0.389 e. The average Bonchev–Trinajstić information content (AvgIpc) is 2.95. The molecule has 1 aromatic rings. The summed E-state index contributed by atoms with van der Waals surface area (Å²) in [6.45, 7) is 7.64. The highest BCUT2D eigenvalue weighted by Crippen LogP contribution is 2.31. The van der Waals surface area contributed by atoms with Gasteiger partial charge >= 0.3 is 0 Å². The molecule has 1 aliphatic heterocycles. The van der Waals surface area contributed by atoms with E-state index in [-0.39, 0.29) is 12.3 Å². The fourth-order valence-electron chi connectivity index (χ4n) is 3.58. The molecular formula is C18H31N3O3. The zero-order chi connectivity index (χ0) is 17.8. The minimum absolute atomic E-state index is 0.0119. The van der Waals surface area contributed by atoms with Gasteiger partial charge in [-0.2, -0.15) is 5.10 Å². The molecule has 0 bridgehead atoms. The van der Waals surface area contributed by atoms with Crippen LogP contribution >= 0.6 is 0 Å². The molecule has 1 N–H and O–H groups in total. The fourth-order valence-corrected chi connectivity index (χ4v) is 3.58. The van der Waals surface area contributed by atoms with Crippen LogP contribution in [0, 0.1) is 0 Å². The van der Waals surface area contributed by atoms with E-state index in [0.717, 1.165) is 18.4 Å². The third-order valence-corrected chi connectivity index (χ3v) is 4.85. The molecule has 6 nitrogen and oxygen atoms in total. The minimum atomic E-state index is -0.885. The molecule has 6 heteroatoms. The summed E-state index contributed by atoms with van der Waals surface area (Å²) in [5.74, 6) is 0.0119. The van der Waals surface area contributed by atoms with E-state index >= 15 is 0 Å². The van der Waals surface area contributed by atoms with E-state index in [1.807, 2.05) is 38.9 Å². The van der Waals surface area contributed by atoms with Crippen molar-refractivity contribution in [1.82, 2.24) is 14.7 Å². The highest BCUT2D eigenvalue weighted by Gasteiger charge is 2.38. The van der Waals surface area contributed by atoms with E-state index in [9.17, 15) is 9.90 Å². The van der Waals surface area contributed by atoms with Gasteiger partial charge in [-0.3, -0.25) is 9.48 Å². The van der Waals surface area contributed by atoms with Crippen molar-refractivity contribution in [1.29, 1.82) is 0 Å². The number of aliphatic hydroxyl groups is 1. The van der Waals surface area contributed by atoms with Crippen molar-refractivity contribution in [2.45, 2.75) is 64.1 Å². The molecule has 1 aromatic heterocycles. The Morgan fingerprint density at radius 1 is 1.42 bits per heavy atom. The molecule has 24 heavy (non-hydrogen) atoms. The number of carbonyl (C=O) groups excluding carboxylic acids is 1. The molecule has 136 valence electrons. The molecule has 1 amide bonds. The number of morpholine rings is 1. The van der Waals surface area contributed by atoms with Crippen LogP contribution in [0.15, 0.2) is 12.4 Å². The molecule has 1 fully saturated rings. The Labute approximate surface area is 144 Å². The lowest BCUT2D eigenvalue weighted by molar-refractivity contribution is -0.154. The van der Waals surface area contributed by atoms with Crippen molar-refractivity contribution in [3.05, 3.63) is 18.0 Å². The molecule has 2 heterocycles. The van der Waals surface area contributed by atoms with Gasteiger partial charge < -0.3 is 14.7 Å². The normalized spacial score (nSPS) is 22.0. The average molecular weight is 337 g/mol. The lowest BCUT2D eigenvalue weighted by Crippen LogP contribution is -2.51. The maximum Gasteiger partial charge on any atom is 0.225 e. The van der Waals surface area contributed by atoms with Gasteiger partial charge in [0, 0.05) is 25.4 Å². The zero-order valence-electron chi connectivity index (χ0n) is 15.4. The van der Waals surface area contributed by atoms with Crippen LogP contribution in [0.1, 0.15) is 58.4 Å². The number of rotatable bonds is 7. The predicted molar refractivity (Wildman–Crippen MR) is 92.5 cm³/mol. The van der Waals surface area contributed by atoms with Gasteiger partial charge in [0.25, 0.3) is 0 Å². The topological polar surface area (TPSA) is 67.6 Å². The third-order valence-electron chi connectivity index (χ3n) is 4.85. The maximum absolute atomic E-state index is 12.8. The van der Waals surface area contributed by atoms with Crippen LogP contribution in [-0.2, 0) is 22.2 Å². The van der Waals surface area contributed by atoms with Crippen LogP contribution in [0.3, 0.4) is 0 Å².